The number of nitrogens with zero attached hydrogens (tertiary/aromatic N) is 1. The first-order chi connectivity index (χ1) is 5.34. The van der Waals surface area contributed by atoms with E-state index in [0.29, 0.717) is 24.1 Å². The van der Waals surface area contributed by atoms with Crippen molar-refractivity contribution in [3.05, 3.63) is 23.5 Å². The quantitative estimate of drug-likeness (QED) is 0.828. The predicted octanol–water partition coefficient (Wildman–Crippen LogP) is 1.92. The highest BCUT2D eigenvalue weighted by Gasteiger charge is 1.98. The van der Waals surface area contributed by atoms with E-state index in [1.54, 1.807) is 18.3 Å². The van der Waals surface area contributed by atoms with Crippen LogP contribution in [0.25, 0.3) is 0 Å². The molecule has 0 atom stereocenters. The molecule has 0 aromatic carbocycles. The molecule has 1 aromatic heterocycles. The number of pyridine rings is 1. The second-order valence-electron chi connectivity index (χ2n) is 1.93. The van der Waals surface area contributed by atoms with Crippen LogP contribution in [-0.4, -0.2) is 18.1 Å². The van der Waals surface area contributed by atoms with Gasteiger partial charge in [0.05, 0.1) is 0 Å². The molecule has 0 saturated carbocycles. The Morgan fingerprint density at radius 3 is 2.69 bits per heavy atom. The van der Waals surface area contributed by atoms with Crippen LogP contribution >= 0.6 is 36.4 Å². The summed E-state index contributed by atoms with van der Waals surface area (Å²) in [5.41, 5.74) is 5.24. The summed E-state index contributed by atoms with van der Waals surface area (Å²) in [6, 6.07) is 3.52. The highest BCUT2D eigenvalue weighted by molar-refractivity contribution is 6.30. The van der Waals surface area contributed by atoms with E-state index in [-0.39, 0.29) is 24.8 Å². The maximum atomic E-state index is 5.68. The molecule has 0 saturated heterocycles. The normalized spacial score (nSPS) is 8.15. The number of aromatic nitrogens is 1. The van der Waals surface area contributed by atoms with Gasteiger partial charge in [-0.05, 0) is 12.1 Å². The third-order valence-corrected chi connectivity index (χ3v) is 1.38. The summed E-state index contributed by atoms with van der Waals surface area (Å²) < 4.78 is 5.17. The van der Waals surface area contributed by atoms with Gasteiger partial charge in [-0.15, -0.1) is 24.8 Å². The molecule has 1 rings (SSSR count). The van der Waals surface area contributed by atoms with Gasteiger partial charge in [-0.1, -0.05) is 11.6 Å². The van der Waals surface area contributed by atoms with Gasteiger partial charge in [0.15, 0.2) is 10.9 Å². The molecule has 1 aromatic rings. The maximum Gasteiger partial charge on any atom is 0.171 e. The molecular formula is C7H11Cl3N2O. The molecule has 0 unspecified atom stereocenters. The Labute approximate surface area is 94.4 Å². The van der Waals surface area contributed by atoms with Gasteiger partial charge in [-0.2, -0.15) is 0 Å². The lowest BCUT2D eigenvalue weighted by Gasteiger charge is -2.03. The van der Waals surface area contributed by atoms with Gasteiger partial charge in [0.25, 0.3) is 0 Å². The number of halogens is 3. The lowest BCUT2D eigenvalue weighted by molar-refractivity contribution is 0.327. The summed E-state index contributed by atoms with van der Waals surface area (Å²) in [5, 5.41) is 0.376. The first kappa shape index (κ1) is 15.3. The fourth-order valence-electron chi connectivity index (χ4n) is 0.648. The molecular weight excluding hydrogens is 234 g/mol. The fraction of sp³-hybridized carbons (Fsp3) is 0.286. The van der Waals surface area contributed by atoms with E-state index in [9.17, 15) is 0 Å². The Kier molecular flexibility index (Phi) is 9.84. The van der Waals surface area contributed by atoms with Crippen LogP contribution in [0, 0.1) is 0 Å². The van der Waals surface area contributed by atoms with Crippen molar-refractivity contribution in [1.82, 2.24) is 4.98 Å². The molecule has 13 heavy (non-hydrogen) atoms. The largest absolute Gasteiger partial charge is 0.489 e. The zero-order valence-electron chi connectivity index (χ0n) is 6.77. The molecule has 3 nitrogen and oxygen atoms in total. The maximum absolute atomic E-state index is 5.68. The molecule has 0 amide bonds. The average molecular weight is 246 g/mol. The highest BCUT2D eigenvalue weighted by Crippen LogP contribution is 2.19. The predicted molar refractivity (Wildman–Crippen MR) is 58.3 cm³/mol. The van der Waals surface area contributed by atoms with Crippen LogP contribution in [0.15, 0.2) is 18.3 Å². The summed E-state index contributed by atoms with van der Waals surface area (Å²) in [6.45, 7) is 0.941. The summed E-state index contributed by atoms with van der Waals surface area (Å²) >= 11 is 5.68. The summed E-state index contributed by atoms with van der Waals surface area (Å²) in [6.07, 6.45) is 1.61. The second kappa shape index (κ2) is 8.38. The van der Waals surface area contributed by atoms with Crippen LogP contribution in [0.1, 0.15) is 0 Å². The van der Waals surface area contributed by atoms with E-state index in [4.69, 9.17) is 22.1 Å². The summed E-state index contributed by atoms with van der Waals surface area (Å²) in [4.78, 5) is 3.83. The van der Waals surface area contributed by atoms with E-state index < -0.39 is 0 Å². The van der Waals surface area contributed by atoms with Crippen LogP contribution in [0.3, 0.4) is 0 Å². The van der Waals surface area contributed by atoms with Crippen LogP contribution in [0.2, 0.25) is 5.15 Å². The van der Waals surface area contributed by atoms with E-state index in [2.05, 4.69) is 4.98 Å². The zero-order valence-corrected chi connectivity index (χ0v) is 9.16. The van der Waals surface area contributed by atoms with Crippen molar-refractivity contribution in [2.45, 2.75) is 0 Å². The van der Waals surface area contributed by atoms with E-state index in [1.807, 2.05) is 0 Å². The minimum absolute atomic E-state index is 0. The fourth-order valence-corrected chi connectivity index (χ4v) is 0.822. The third-order valence-electron chi connectivity index (χ3n) is 1.10. The Morgan fingerprint density at radius 2 is 2.15 bits per heavy atom. The molecule has 0 aliphatic heterocycles. The van der Waals surface area contributed by atoms with Gasteiger partial charge in [0.2, 0.25) is 0 Å². The number of ether oxygens (including phenoxy) is 1. The van der Waals surface area contributed by atoms with Crippen molar-refractivity contribution in [2.24, 2.45) is 5.73 Å². The van der Waals surface area contributed by atoms with E-state index in [0.717, 1.165) is 0 Å². The van der Waals surface area contributed by atoms with E-state index in [1.165, 1.54) is 0 Å². The van der Waals surface area contributed by atoms with Crippen LogP contribution in [0.5, 0.6) is 5.75 Å². The van der Waals surface area contributed by atoms with Crippen molar-refractivity contribution in [3.8, 4) is 5.75 Å². The topological polar surface area (TPSA) is 48.1 Å². The molecule has 76 valence electrons. The molecule has 0 bridgehead atoms. The molecule has 0 aliphatic rings. The van der Waals surface area contributed by atoms with Gasteiger partial charge >= 0.3 is 0 Å². The molecule has 0 spiro atoms. The van der Waals surface area contributed by atoms with Gasteiger partial charge < -0.3 is 10.5 Å². The summed E-state index contributed by atoms with van der Waals surface area (Å²) in [5.74, 6) is 0.583. The Hall–Kier alpha value is -0.220. The Bertz CT molecular complexity index is 235. The first-order valence-corrected chi connectivity index (χ1v) is 3.66. The Morgan fingerprint density at radius 1 is 1.46 bits per heavy atom. The van der Waals surface area contributed by atoms with Crippen molar-refractivity contribution in [1.29, 1.82) is 0 Å². The van der Waals surface area contributed by atoms with Crippen molar-refractivity contribution < 1.29 is 4.74 Å². The molecule has 1 heterocycles. The first-order valence-electron chi connectivity index (χ1n) is 3.28. The van der Waals surface area contributed by atoms with Crippen LogP contribution < -0.4 is 10.5 Å². The second-order valence-corrected chi connectivity index (χ2v) is 2.29. The van der Waals surface area contributed by atoms with Gasteiger partial charge in [0.1, 0.15) is 6.61 Å². The summed E-state index contributed by atoms with van der Waals surface area (Å²) in [7, 11) is 0. The van der Waals surface area contributed by atoms with Crippen LogP contribution in [0.4, 0.5) is 0 Å². The molecule has 0 radical (unpaired) electrons. The number of nitrogens with two attached hydrogens (primary N) is 1. The van der Waals surface area contributed by atoms with Gasteiger partial charge in [-0.3, -0.25) is 0 Å². The molecule has 2 N–H and O–H groups in total. The minimum Gasteiger partial charge on any atom is -0.489 e. The van der Waals surface area contributed by atoms with Crippen molar-refractivity contribution in [3.63, 3.8) is 0 Å². The average Bonchev–Trinajstić information content (AvgIpc) is 2.03. The van der Waals surface area contributed by atoms with Gasteiger partial charge in [0, 0.05) is 12.7 Å². The van der Waals surface area contributed by atoms with Crippen molar-refractivity contribution in [2.75, 3.05) is 13.2 Å². The standard InChI is InChI=1S/C7H9ClN2O.2ClH/c8-7-6(11-5-3-9)2-1-4-10-7;;/h1-2,4H,3,5,9H2;2*1H. The molecule has 0 fully saturated rings. The van der Waals surface area contributed by atoms with Crippen molar-refractivity contribution >= 4 is 36.4 Å². The Balaban J connectivity index is 0. The molecule has 0 aliphatic carbocycles. The van der Waals surface area contributed by atoms with Crippen LogP contribution in [-0.2, 0) is 0 Å². The number of hydrogen-bond acceptors (Lipinski definition) is 3. The van der Waals surface area contributed by atoms with Gasteiger partial charge in [-0.25, -0.2) is 4.98 Å². The number of hydrogen-bond donors (Lipinski definition) is 1. The smallest absolute Gasteiger partial charge is 0.171 e. The number of rotatable bonds is 3. The third kappa shape index (κ3) is 5.16. The zero-order chi connectivity index (χ0) is 8.10. The monoisotopic (exact) mass is 244 g/mol. The minimum atomic E-state index is 0. The van der Waals surface area contributed by atoms with E-state index >= 15 is 0 Å². The molecule has 6 heteroatoms. The lowest BCUT2D eigenvalue weighted by atomic mass is 10.5. The highest BCUT2D eigenvalue weighted by atomic mass is 35.5. The lowest BCUT2D eigenvalue weighted by Crippen LogP contribution is -2.10. The SMILES string of the molecule is Cl.Cl.NCCOc1cccnc1Cl.